The number of aromatic nitrogens is 2. The van der Waals surface area contributed by atoms with E-state index in [1.165, 1.54) is 0 Å². The Kier molecular flexibility index (Phi) is 2.87. The number of halogens is 2. The van der Waals surface area contributed by atoms with Gasteiger partial charge in [0.1, 0.15) is 0 Å². The number of hydrogen-bond donors (Lipinski definition) is 1. The Morgan fingerprint density at radius 2 is 1.61 bits per heavy atom. The Morgan fingerprint density at radius 3 is 2.33 bits per heavy atom. The van der Waals surface area contributed by atoms with Gasteiger partial charge in [-0.3, -0.25) is 4.57 Å². The van der Waals surface area contributed by atoms with Gasteiger partial charge >= 0.3 is 0 Å². The smallest absolute Gasteiger partial charge is 0.206 e. The molecule has 0 radical (unpaired) electrons. The largest absolute Gasteiger partial charge is 0.369 e. The van der Waals surface area contributed by atoms with Crippen LogP contribution in [0, 0.1) is 0 Å². The topological polar surface area (TPSA) is 43.8 Å². The second-order valence-corrected chi connectivity index (χ2v) is 5.57. The van der Waals surface area contributed by atoms with Gasteiger partial charge < -0.3 is 5.73 Å². The van der Waals surface area contributed by atoms with Crippen molar-refractivity contribution in [2.24, 2.45) is 0 Å². The minimum atomic E-state index is 0.476. The molecule has 5 heteroatoms. The van der Waals surface area contributed by atoms with Crippen molar-refractivity contribution < 1.29 is 0 Å². The highest BCUT2D eigenvalue weighted by molar-refractivity contribution is 9.11. The van der Waals surface area contributed by atoms with Crippen LogP contribution >= 0.6 is 31.9 Å². The van der Waals surface area contributed by atoms with Gasteiger partial charge in [0.15, 0.2) is 0 Å². The van der Waals surface area contributed by atoms with E-state index < -0.39 is 0 Å². The van der Waals surface area contributed by atoms with Crippen molar-refractivity contribution in [3.8, 4) is 5.69 Å². The van der Waals surface area contributed by atoms with Gasteiger partial charge in [-0.25, -0.2) is 4.98 Å². The number of hydrogen-bond acceptors (Lipinski definition) is 2. The summed E-state index contributed by atoms with van der Waals surface area (Å²) < 4.78 is 3.86. The fourth-order valence-corrected chi connectivity index (χ4v) is 3.34. The highest BCUT2D eigenvalue weighted by Gasteiger charge is 2.14. The summed E-state index contributed by atoms with van der Waals surface area (Å²) in [5, 5.41) is 0. The van der Waals surface area contributed by atoms with E-state index in [-0.39, 0.29) is 0 Å². The molecule has 2 N–H and O–H groups in total. The van der Waals surface area contributed by atoms with E-state index in [0.717, 1.165) is 25.7 Å². The Labute approximate surface area is 121 Å². The van der Waals surface area contributed by atoms with Crippen molar-refractivity contribution in [2.75, 3.05) is 5.73 Å². The molecule has 1 heterocycles. The van der Waals surface area contributed by atoms with Crippen LogP contribution in [0.5, 0.6) is 0 Å². The molecule has 0 unspecified atom stereocenters. The Bertz CT molecular complexity index is 714. The maximum absolute atomic E-state index is 6.03. The first-order valence-corrected chi connectivity index (χ1v) is 6.94. The fourth-order valence-electron chi connectivity index (χ4n) is 1.98. The molecule has 0 fully saturated rings. The highest BCUT2D eigenvalue weighted by atomic mass is 79.9. The normalized spacial score (nSPS) is 11.0. The second kappa shape index (κ2) is 4.40. The summed E-state index contributed by atoms with van der Waals surface area (Å²) in [6.07, 6.45) is 0. The summed E-state index contributed by atoms with van der Waals surface area (Å²) in [5.41, 5.74) is 8.87. The number of nitrogens with zero attached hydrogens (tertiary/aromatic N) is 2. The molecular weight excluding hydrogens is 358 g/mol. The molecule has 2 aromatic carbocycles. The van der Waals surface area contributed by atoms with Crippen LogP contribution in [0.15, 0.2) is 51.4 Å². The van der Waals surface area contributed by atoms with Gasteiger partial charge in [0.05, 0.1) is 16.7 Å². The number of imidazole rings is 1. The lowest BCUT2D eigenvalue weighted by atomic mass is 10.3. The molecule has 0 atom stereocenters. The third-order valence-corrected chi connectivity index (χ3v) is 4.03. The number of nitrogens with two attached hydrogens (primary N) is 1. The zero-order valence-corrected chi connectivity index (χ0v) is 12.4. The predicted molar refractivity (Wildman–Crippen MR) is 80.9 cm³/mol. The molecule has 0 aliphatic heterocycles. The third-order valence-electron chi connectivity index (χ3n) is 2.75. The molecule has 3 rings (SSSR count). The number of anilines is 1. The van der Waals surface area contributed by atoms with Gasteiger partial charge in [-0.1, -0.05) is 18.2 Å². The van der Waals surface area contributed by atoms with Crippen molar-refractivity contribution in [3.63, 3.8) is 0 Å². The molecule has 90 valence electrons. The number of nitrogen functional groups attached to an aromatic ring is 1. The quantitative estimate of drug-likeness (QED) is 0.703. The molecule has 1 aromatic heterocycles. The summed E-state index contributed by atoms with van der Waals surface area (Å²) in [7, 11) is 0. The minimum absolute atomic E-state index is 0.476. The van der Waals surface area contributed by atoms with Crippen LogP contribution in [0.4, 0.5) is 5.95 Å². The first-order chi connectivity index (χ1) is 8.68. The summed E-state index contributed by atoms with van der Waals surface area (Å²) >= 11 is 7.11. The maximum Gasteiger partial charge on any atom is 0.206 e. The maximum atomic E-state index is 6.03. The van der Waals surface area contributed by atoms with Crippen molar-refractivity contribution in [1.29, 1.82) is 0 Å². The monoisotopic (exact) mass is 365 g/mol. The first-order valence-electron chi connectivity index (χ1n) is 5.36. The predicted octanol–water partition coefficient (Wildman–Crippen LogP) is 4.13. The van der Waals surface area contributed by atoms with Gasteiger partial charge in [0.2, 0.25) is 5.95 Å². The summed E-state index contributed by atoms with van der Waals surface area (Å²) in [5.74, 6) is 0.476. The van der Waals surface area contributed by atoms with E-state index in [2.05, 4.69) is 36.8 Å². The Morgan fingerprint density at radius 1 is 0.944 bits per heavy atom. The number of fused-ring (bicyclic) bond motifs is 1. The molecular formula is C13H9Br2N3. The van der Waals surface area contributed by atoms with E-state index in [9.17, 15) is 0 Å². The summed E-state index contributed by atoms with van der Waals surface area (Å²) in [4.78, 5) is 4.37. The molecule has 0 aliphatic carbocycles. The SMILES string of the molecule is Nc1nc2ccccc2n1-c1c(Br)cccc1Br. The molecule has 0 bridgehead atoms. The Hall–Kier alpha value is -1.33. The van der Waals surface area contributed by atoms with Crippen LogP contribution in [0.25, 0.3) is 16.7 Å². The van der Waals surface area contributed by atoms with Gasteiger partial charge in [0.25, 0.3) is 0 Å². The standard InChI is InChI=1S/C13H9Br2N3/c14-8-4-3-5-9(15)12(8)18-11-7-2-1-6-10(11)17-13(18)16/h1-7H,(H2,16,17). The van der Waals surface area contributed by atoms with Crippen molar-refractivity contribution in [3.05, 3.63) is 51.4 Å². The molecule has 0 spiro atoms. The van der Waals surface area contributed by atoms with Crippen LogP contribution in [-0.4, -0.2) is 9.55 Å². The van der Waals surface area contributed by atoms with Crippen LogP contribution in [0.1, 0.15) is 0 Å². The van der Waals surface area contributed by atoms with Crippen molar-refractivity contribution in [2.45, 2.75) is 0 Å². The third kappa shape index (κ3) is 1.74. The average Bonchev–Trinajstić information content (AvgIpc) is 2.66. The van der Waals surface area contributed by atoms with E-state index in [1.54, 1.807) is 0 Å². The van der Waals surface area contributed by atoms with Gasteiger partial charge in [-0.15, -0.1) is 0 Å². The van der Waals surface area contributed by atoms with E-state index in [4.69, 9.17) is 5.73 Å². The van der Waals surface area contributed by atoms with Crippen LogP contribution in [0.3, 0.4) is 0 Å². The van der Waals surface area contributed by atoms with Crippen LogP contribution < -0.4 is 5.73 Å². The van der Waals surface area contributed by atoms with Crippen LogP contribution in [-0.2, 0) is 0 Å². The second-order valence-electron chi connectivity index (χ2n) is 3.86. The fraction of sp³-hybridized carbons (Fsp3) is 0. The van der Waals surface area contributed by atoms with E-state index >= 15 is 0 Å². The summed E-state index contributed by atoms with van der Waals surface area (Å²) in [6, 6.07) is 13.8. The molecule has 18 heavy (non-hydrogen) atoms. The average molecular weight is 367 g/mol. The lowest BCUT2D eigenvalue weighted by Gasteiger charge is -2.11. The van der Waals surface area contributed by atoms with Gasteiger partial charge in [-0.2, -0.15) is 0 Å². The number of rotatable bonds is 1. The molecule has 3 nitrogen and oxygen atoms in total. The zero-order chi connectivity index (χ0) is 12.7. The number of para-hydroxylation sites is 3. The zero-order valence-electron chi connectivity index (χ0n) is 9.27. The number of benzene rings is 2. The molecule has 0 aliphatic rings. The summed E-state index contributed by atoms with van der Waals surface area (Å²) in [6.45, 7) is 0. The van der Waals surface area contributed by atoms with E-state index in [1.807, 2.05) is 47.0 Å². The molecule has 0 saturated heterocycles. The van der Waals surface area contributed by atoms with Crippen LogP contribution in [0.2, 0.25) is 0 Å². The lowest BCUT2D eigenvalue weighted by molar-refractivity contribution is 1.09. The molecule has 3 aromatic rings. The van der Waals surface area contributed by atoms with Gasteiger partial charge in [0, 0.05) is 8.95 Å². The minimum Gasteiger partial charge on any atom is -0.369 e. The lowest BCUT2D eigenvalue weighted by Crippen LogP contribution is -2.02. The van der Waals surface area contributed by atoms with Crippen molar-refractivity contribution in [1.82, 2.24) is 9.55 Å². The molecule has 0 saturated carbocycles. The molecule has 0 amide bonds. The van der Waals surface area contributed by atoms with Crippen molar-refractivity contribution >= 4 is 48.8 Å². The Balaban J connectivity index is 2.42. The highest BCUT2D eigenvalue weighted by Crippen LogP contribution is 2.33. The first kappa shape index (κ1) is 11.7. The van der Waals surface area contributed by atoms with E-state index in [0.29, 0.717) is 5.95 Å². The van der Waals surface area contributed by atoms with Gasteiger partial charge in [-0.05, 0) is 56.1 Å².